The van der Waals surface area contributed by atoms with Crippen LogP contribution in [0.2, 0.25) is 0 Å². The van der Waals surface area contributed by atoms with Crippen molar-refractivity contribution < 1.29 is 22.7 Å². The third-order valence-electron chi connectivity index (χ3n) is 5.38. The zero-order chi connectivity index (χ0) is 20.8. The van der Waals surface area contributed by atoms with Gasteiger partial charge in [-0.25, -0.2) is 8.42 Å². The van der Waals surface area contributed by atoms with E-state index in [0.29, 0.717) is 11.4 Å². The molecule has 0 saturated carbocycles. The average molecular weight is 414 g/mol. The number of benzene rings is 2. The number of carbonyl (C=O) groups is 2. The summed E-state index contributed by atoms with van der Waals surface area (Å²) in [6.45, 7) is 3.40. The number of amides is 2. The molecule has 2 aromatic carbocycles. The topological polar surface area (TPSA) is 92.8 Å². The van der Waals surface area contributed by atoms with Crippen LogP contribution in [0.15, 0.2) is 47.4 Å². The van der Waals surface area contributed by atoms with Gasteiger partial charge in [0.1, 0.15) is 5.75 Å². The van der Waals surface area contributed by atoms with E-state index in [4.69, 9.17) is 4.74 Å². The standard InChI is InChI=1S/C21H22N2O5S/c1-13-9-15-5-3-4-6-18(15)23(13)21(25)10-14(2)29(26,27)16-7-8-19-17(11-16)22-20(24)12-28-19/h3-8,11,13-14H,9-10,12H2,1-2H3,(H,22,24)/t13-,14-/m0/s1. The molecule has 0 saturated heterocycles. The van der Waals surface area contributed by atoms with Gasteiger partial charge in [-0.15, -0.1) is 0 Å². The van der Waals surface area contributed by atoms with Crippen LogP contribution in [-0.4, -0.2) is 38.1 Å². The largest absolute Gasteiger partial charge is 0.482 e. The maximum Gasteiger partial charge on any atom is 0.262 e. The molecule has 0 fully saturated rings. The molecule has 152 valence electrons. The van der Waals surface area contributed by atoms with E-state index in [1.54, 1.807) is 4.90 Å². The lowest BCUT2D eigenvalue weighted by atomic mass is 10.1. The molecule has 2 aliphatic heterocycles. The highest BCUT2D eigenvalue weighted by Crippen LogP contribution is 2.34. The van der Waals surface area contributed by atoms with Crippen LogP contribution in [0.3, 0.4) is 0 Å². The fourth-order valence-corrected chi connectivity index (χ4v) is 5.24. The van der Waals surface area contributed by atoms with E-state index in [0.717, 1.165) is 17.7 Å². The summed E-state index contributed by atoms with van der Waals surface area (Å²) < 4.78 is 31.4. The molecule has 0 radical (unpaired) electrons. The van der Waals surface area contributed by atoms with Crippen LogP contribution in [0.4, 0.5) is 11.4 Å². The number of anilines is 2. The molecule has 0 aliphatic carbocycles. The van der Waals surface area contributed by atoms with E-state index < -0.39 is 15.1 Å². The molecular formula is C21H22N2O5S. The Bertz CT molecular complexity index is 1100. The molecule has 0 spiro atoms. The molecule has 0 unspecified atom stereocenters. The van der Waals surface area contributed by atoms with Crippen molar-refractivity contribution in [2.75, 3.05) is 16.8 Å². The molecule has 29 heavy (non-hydrogen) atoms. The molecule has 0 bridgehead atoms. The SMILES string of the molecule is C[C@H]1Cc2ccccc2N1C(=O)C[C@H](C)S(=O)(=O)c1ccc2c(c1)NC(=O)CO2. The molecule has 0 aromatic heterocycles. The van der Waals surface area contributed by atoms with Gasteiger partial charge in [0.25, 0.3) is 5.91 Å². The van der Waals surface area contributed by atoms with Gasteiger partial charge >= 0.3 is 0 Å². The highest BCUT2D eigenvalue weighted by molar-refractivity contribution is 7.92. The maximum atomic E-state index is 13.1. The molecule has 2 aliphatic rings. The second-order valence-corrected chi connectivity index (χ2v) is 9.87. The van der Waals surface area contributed by atoms with Crippen molar-refractivity contribution >= 4 is 33.0 Å². The minimum absolute atomic E-state index is 0.00842. The third kappa shape index (κ3) is 3.48. The lowest BCUT2D eigenvalue weighted by molar-refractivity contribution is -0.119. The Labute approximate surface area is 169 Å². The van der Waals surface area contributed by atoms with Crippen molar-refractivity contribution in [2.24, 2.45) is 0 Å². The molecule has 2 atom stereocenters. The molecular weight excluding hydrogens is 392 g/mol. The van der Waals surface area contributed by atoms with Crippen molar-refractivity contribution in [3.05, 3.63) is 48.0 Å². The van der Waals surface area contributed by atoms with E-state index in [2.05, 4.69) is 5.32 Å². The summed E-state index contributed by atoms with van der Waals surface area (Å²) in [7, 11) is -3.76. The van der Waals surface area contributed by atoms with Gasteiger partial charge in [-0.1, -0.05) is 18.2 Å². The third-order valence-corrected chi connectivity index (χ3v) is 7.52. The van der Waals surface area contributed by atoms with Gasteiger partial charge in [0.15, 0.2) is 16.4 Å². The fraction of sp³-hybridized carbons (Fsp3) is 0.333. The van der Waals surface area contributed by atoms with Crippen LogP contribution in [0.5, 0.6) is 5.75 Å². The predicted octanol–water partition coefficient (Wildman–Crippen LogP) is 2.55. The molecule has 2 amide bonds. The average Bonchev–Trinajstić information content (AvgIpc) is 3.02. The minimum Gasteiger partial charge on any atom is -0.482 e. The Morgan fingerprint density at radius 2 is 2.03 bits per heavy atom. The molecule has 4 rings (SSSR count). The first kappa shape index (κ1) is 19.4. The number of rotatable bonds is 4. The van der Waals surface area contributed by atoms with Crippen LogP contribution in [-0.2, 0) is 25.8 Å². The van der Waals surface area contributed by atoms with Gasteiger partial charge in [-0.05, 0) is 50.1 Å². The molecule has 8 heteroatoms. The van der Waals surface area contributed by atoms with Crippen molar-refractivity contribution in [2.45, 2.75) is 42.9 Å². The summed E-state index contributed by atoms with van der Waals surface area (Å²) in [5, 5.41) is 1.70. The lowest BCUT2D eigenvalue weighted by Crippen LogP contribution is -2.38. The van der Waals surface area contributed by atoms with Gasteiger partial charge in [0.2, 0.25) is 5.91 Å². The minimum atomic E-state index is -3.76. The zero-order valence-electron chi connectivity index (χ0n) is 16.2. The van der Waals surface area contributed by atoms with Crippen molar-refractivity contribution in [3.8, 4) is 5.75 Å². The van der Waals surface area contributed by atoms with Crippen molar-refractivity contribution in [1.29, 1.82) is 0 Å². The first-order valence-corrected chi connectivity index (χ1v) is 11.0. The monoisotopic (exact) mass is 414 g/mol. The number of para-hydroxylation sites is 1. The first-order valence-electron chi connectivity index (χ1n) is 9.48. The highest BCUT2D eigenvalue weighted by Gasteiger charge is 2.34. The Morgan fingerprint density at radius 3 is 2.83 bits per heavy atom. The molecule has 1 N–H and O–H groups in total. The number of hydrogen-bond acceptors (Lipinski definition) is 5. The fourth-order valence-electron chi connectivity index (χ4n) is 3.87. The second kappa shape index (κ2) is 7.18. The summed E-state index contributed by atoms with van der Waals surface area (Å²) in [6, 6.07) is 12.0. The molecule has 2 heterocycles. The number of sulfone groups is 1. The molecule has 2 aromatic rings. The van der Waals surface area contributed by atoms with Gasteiger partial charge in [-0.3, -0.25) is 9.59 Å². The first-order chi connectivity index (χ1) is 13.8. The Kier molecular flexibility index (Phi) is 4.82. The quantitative estimate of drug-likeness (QED) is 0.830. The van der Waals surface area contributed by atoms with E-state index in [-0.39, 0.29) is 35.8 Å². The molecule has 7 nitrogen and oxygen atoms in total. The Balaban J connectivity index is 1.55. The van der Waals surface area contributed by atoms with Crippen molar-refractivity contribution in [1.82, 2.24) is 0 Å². The predicted molar refractivity (Wildman–Crippen MR) is 109 cm³/mol. The number of fused-ring (bicyclic) bond motifs is 2. The Morgan fingerprint density at radius 1 is 1.28 bits per heavy atom. The van der Waals surface area contributed by atoms with E-state index in [1.807, 2.05) is 31.2 Å². The van der Waals surface area contributed by atoms with Crippen LogP contribution in [0.25, 0.3) is 0 Å². The zero-order valence-corrected chi connectivity index (χ0v) is 17.0. The summed E-state index contributed by atoms with van der Waals surface area (Å²) in [4.78, 5) is 26.2. The van der Waals surface area contributed by atoms with Crippen LogP contribution in [0, 0.1) is 0 Å². The normalized spacial score (nSPS) is 19.0. The number of ether oxygens (including phenoxy) is 1. The summed E-state index contributed by atoms with van der Waals surface area (Å²) >= 11 is 0. The number of carbonyl (C=O) groups excluding carboxylic acids is 2. The van der Waals surface area contributed by atoms with Crippen molar-refractivity contribution in [3.63, 3.8) is 0 Å². The van der Waals surface area contributed by atoms with Gasteiger partial charge in [-0.2, -0.15) is 0 Å². The van der Waals surface area contributed by atoms with Gasteiger partial charge in [0.05, 0.1) is 15.8 Å². The highest BCUT2D eigenvalue weighted by atomic mass is 32.2. The van der Waals surface area contributed by atoms with Gasteiger partial charge < -0.3 is 15.0 Å². The maximum absolute atomic E-state index is 13.1. The Hall–Kier alpha value is -2.87. The summed E-state index contributed by atoms with van der Waals surface area (Å²) in [5.74, 6) is -0.125. The van der Waals surface area contributed by atoms with Crippen LogP contribution < -0.4 is 15.0 Å². The van der Waals surface area contributed by atoms with Crippen LogP contribution in [0.1, 0.15) is 25.8 Å². The number of nitrogens with zero attached hydrogens (tertiary/aromatic N) is 1. The van der Waals surface area contributed by atoms with Crippen LogP contribution >= 0.6 is 0 Å². The van der Waals surface area contributed by atoms with Gasteiger partial charge in [0, 0.05) is 18.2 Å². The van der Waals surface area contributed by atoms with E-state index in [9.17, 15) is 18.0 Å². The van der Waals surface area contributed by atoms with E-state index in [1.165, 1.54) is 25.1 Å². The number of nitrogens with one attached hydrogen (secondary N) is 1. The lowest BCUT2D eigenvalue weighted by Gasteiger charge is -2.25. The summed E-state index contributed by atoms with van der Waals surface area (Å²) in [5.41, 5.74) is 2.26. The smallest absolute Gasteiger partial charge is 0.262 e. The van der Waals surface area contributed by atoms with E-state index >= 15 is 0 Å². The second-order valence-electron chi connectivity index (χ2n) is 7.50. The number of hydrogen-bond donors (Lipinski definition) is 1. The summed E-state index contributed by atoms with van der Waals surface area (Å²) in [6.07, 6.45) is 0.633.